The van der Waals surface area contributed by atoms with E-state index in [-0.39, 0.29) is 88.7 Å². The molecule has 15 nitrogen and oxygen atoms in total. The minimum Gasteiger partial charge on any atom is -0.317 e. The van der Waals surface area contributed by atoms with Gasteiger partial charge in [0.15, 0.2) is 0 Å². The summed E-state index contributed by atoms with van der Waals surface area (Å²) in [6.07, 6.45) is 30.7. The maximum absolute atomic E-state index is 16.1. The van der Waals surface area contributed by atoms with E-state index in [4.69, 9.17) is 29.5 Å². The Morgan fingerprint density at radius 1 is 0.373 bits per heavy atom. The summed E-state index contributed by atoms with van der Waals surface area (Å²) in [4.78, 5) is 88.3. The van der Waals surface area contributed by atoms with E-state index in [9.17, 15) is 0 Å². The topological polar surface area (TPSA) is 163 Å². The zero-order valence-electron chi connectivity index (χ0n) is 47.0. The zero-order chi connectivity index (χ0) is 52.9. The lowest BCUT2D eigenvalue weighted by atomic mass is 9.92. The molecule has 0 radical (unpaired) electrons. The second-order valence-electron chi connectivity index (χ2n) is 22.6. The molecule has 3 amide bonds. The standard InChI is InChI=1S/C60H93N9O6/c1-7-43(4)64-73-58(61-49-28-16-10-17-29-49)67(52-34-22-13-23-35-52)55(70)46-40-47(56(71)68(53-36-24-14-25-37-53)59(74-65-44(5)8-2)62-50-30-18-11-19-31-50)42-48(41-46)57(72)69(54-38-26-15-27-39-54)60(75-66-45(6)9-3)63-51-32-20-12-21-33-51/h40-42,49-54H,7-39H2,1-6H3. The number of carbonyl (C=O) groups is 3. The third kappa shape index (κ3) is 16.8. The largest absolute Gasteiger partial charge is 0.325 e. The van der Waals surface area contributed by atoms with Gasteiger partial charge in [0.25, 0.3) is 17.7 Å². The maximum Gasteiger partial charge on any atom is 0.325 e. The molecule has 0 spiro atoms. The molecular formula is C60H93N9O6. The van der Waals surface area contributed by atoms with Crippen molar-refractivity contribution in [3.8, 4) is 0 Å². The van der Waals surface area contributed by atoms with Crippen molar-refractivity contribution in [2.45, 2.75) is 290 Å². The van der Waals surface area contributed by atoms with Gasteiger partial charge in [-0.05, 0) is 135 Å². The van der Waals surface area contributed by atoms with E-state index >= 15 is 14.4 Å². The Morgan fingerprint density at radius 3 is 0.800 bits per heavy atom. The summed E-state index contributed by atoms with van der Waals surface area (Å²) in [5, 5.41) is 13.6. The molecule has 6 aliphatic carbocycles. The maximum atomic E-state index is 16.1. The molecule has 6 saturated carbocycles. The fourth-order valence-electron chi connectivity index (χ4n) is 11.7. The summed E-state index contributed by atoms with van der Waals surface area (Å²) in [5.74, 6) is -1.16. The van der Waals surface area contributed by atoms with E-state index in [1.165, 1.54) is 0 Å². The van der Waals surface area contributed by atoms with E-state index in [2.05, 4.69) is 15.5 Å². The van der Waals surface area contributed by atoms with Gasteiger partial charge in [-0.25, -0.2) is 15.0 Å². The summed E-state index contributed by atoms with van der Waals surface area (Å²) in [5.41, 5.74) is 2.92. The molecule has 6 aliphatic rings. The van der Waals surface area contributed by atoms with Gasteiger partial charge in [-0.2, -0.15) is 0 Å². The Kier molecular flexibility index (Phi) is 23.2. The van der Waals surface area contributed by atoms with Gasteiger partial charge in [-0.1, -0.05) is 152 Å². The monoisotopic (exact) mass is 1040 g/mol. The lowest BCUT2D eigenvalue weighted by Crippen LogP contribution is -2.48. The minimum absolute atomic E-state index is 0.0234. The molecule has 15 heteroatoms. The summed E-state index contributed by atoms with van der Waals surface area (Å²) in [6, 6.07) is 4.82. The lowest BCUT2D eigenvalue weighted by Gasteiger charge is -2.36. The van der Waals surface area contributed by atoms with Crippen LogP contribution < -0.4 is 0 Å². The molecule has 0 saturated heterocycles. The van der Waals surface area contributed by atoms with Crippen LogP contribution in [0, 0.1) is 0 Å². The number of amidine groups is 3. The zero-order valence-corrected chi connectivity index (χ0v) is 47.0. The number of amides is 3. The molecule has 0 aliphatic heterocycles. The third-order valence-corrected chi connectivity index (χ3v) is 16.8. The second-order valence-corrected chi connectivity index (χ2v) is 22.6. The molecule has 0 heterocycles. The Hall–Kier alpha value is -4.95. The van der Waals surface area contributed by atoms with Gasteiger partial charge in [-0.3, -0.25) is 29.1 Å². The van der Waals surface area contributed by atoms with Crippen LogP contribution in [-0.2, 0) is 14.5 Å². The predicted molar refractivity (Wildman–Crippen MR) is 302 cm³/mol. The molecule has 0 bridgehead atoms. The molecule has 0 N–H and O–H groups in total. The first-order valence-electron chi connectivity index (χ1n) is 30.1. The van der Waals surface area contributed by atoms with Crippen molar-refractivity contribution in [3.63, 3.8) is 0 Å². The van der Waals surface area contributed by atoms with Crippen molar-refractivity contribution in [3.05, 3.63) is 34.9 Å². The highest BCUT2D eigenvalue weighted by atomic mass is 16.7. The average Bonchev–Trinajstić information content (AvgIpc) is 3.46. The van der Waals surface area contributed by atoms with Crippen LogP contribution in [0.4, 0.5) is 0 Å². The average molecular weight is 1040 g/mol. The second kappa shape index (κ2) is 30.1. The lowest BCUT2D eigenvalue weighted by molar-refractivity contribution is 0.0714. The fourth-order valence-corrected chi connectivity index (χ4v) is 11.7. The number of hydrogen-bond donors (Lipinski definition) is 0. The van der Waals surface area contributed by atoms with Gasteiger partial charge in [0.1, 0.15) is 0 Å². The van der Waals surface area contributed by atoms with E-state index in [0.29, 0.717) is 19.3 Å². The van der Waals surface area contributed by atoms with Crippen molar-refractivity contribution in [2.75, 3.05) is 0 Å². The molecule has 1 aromatic rings. The predicted octanol–water partition coefficient (Wildman–Crippen LogP) is 14.5. The summed E-state index contributed by atoms with van der Waals surface area (Å²) < 4.78 is 0. The van der Waals surface area contributed by atoms with Crippen LogP contribution in [0.5, 0.6) is 0 Å². The van der Waals surface area contributed by atoms with E-state index in [1.807, 2.05) is 41.5 Å². The van der Waals surface area contributed by atoms with E-state index < -0.39 is 0 Å². The van der Waals surface area contributed by atoms with Crippen LogP contribution in [0.25, 0.3) is 0 Å². The highest BCUT2D eigenvalue weighted by Crippen LogP contribution is 2.33. The van der Waals surface area contributed by atoms with Crippen molar-refractivity contribution >= 4 is 52.9 Å². The highest BCUT2D eigenvalue weighted by molar-refractivity contribution is 6.12. The molecule has 6 fully saturated rings. The quantitative estimate of drug-likeness (QED) is 0.0964. The number of aliphatic imine (C=N–C) groups is 3. The number of rotatable bonds is 15. The third-order valence-electron chi connectivity index (χ3n) is 16.8. The smallest absolute Gasteiger partial charge is 0.317 e. The Balaban J connectivity index is 1.44. The molecule has 414 valence electrons. The SMILES string of the molecule is CCC(C)=NOC(=NC1CCCCC1)N(C(=O)c1cc(C(=O)N(C(=NC2CCCCC2)ON=C(C)CC)C2CCCCC2)cc(C(=O)N(C(=NC2CCCCC2)ON=C(C)CC)C2CCCCC2)c1)C1CCCCC1. The number of carbonyl (C=O) groups excluding carboxylic acids is 3. The van der Waals surface area contributed by atoms with Gasteiger partial charge in [0, 0.05) is 34.8 Å². The Bertz CT molecular complexity index is 1950. The van der Waals surface area contributed by atoms with E-state index in [1.54, 1.807) is 32.9 Å². The summed E-state index contributed by atoms with van der Waals surface area (Å²) in [6.45, 7) is 11.8. The van der Waals surface area contributed by atoms with Crippen LogP contribution in [0.15, 0.2) is 48.6 Å². The van der Waals surface area contributed by atoms with Gasteiger partial charge in [-0.15, -0.1) is 0 Å². The number of oxime groups is 3. The number of benzene rings is 1. The van der Waals surface area contributed by atoms with Crippen LogP contribution in [-0.4, -0.2) is 104 Å². The molecule has 1 aromatic carbocycles. The van der Waals surface area contributed by atoms with E-state index in [0.717, 1.165) is 210 Å². The van der Waals surface area contributed by atoms with Gasteiger partial charge < -0.3 is 14.5 Å². The Labute approximate surface area is 449 Å². The highest BCUT2D eigenvalue weighted by Gasteiger charge is 2.39. The van der Waals surface area contributed by atoms with Crippen molar-refractivity contribution in [2.24, 2.45) is 30.4 Å². The first-order chi connectivity index (χ1) is 36.6. The van der Waals surface area contributed by atoms with Gasteiger partial charge in [0.05, 0.1) is 35.3 Å². The van der Waals surface area contributed by atoms with Crippen LogP contribution in [0.1, 0.15) is 285 Å². The van der Waals surface area contributed by atoms with Crippen LogP contribution in [0.3, 0.4) is 0 Å². The first kappa shape index (κ1) is 57.7. The fraction of sp³-hybridized carbons (Fsp3) is 0.750. The molecule has 75 heavy (non-hydrogen) atoms. The summed E-state index contributed by atoms with van der Waals surface area (Å²) in [7, 11) is 0. The van der Waals surface area contributed by atoms with Crippen molar-refractivity contribution < 1.29 is 28.9 Å². The number of hydrogen-bond acceptors (Lipinski definition) is 12. The van der Waals surface area contributed by atoms with Crippen molar-refractivity contribution in [1.29, 1.82) is 0 Å². The Morgan fingerprint density at radius 2 is 0.587 bits per heavy atom. The van der Waals surface area contributed by atoms with Gasteiger partial charge in [0.2, 0.25) is 0 Å². The minimum atomic E-state index is -0.385. The molecular weight excluding hydrogens is 943 g/mol. The molecule has 0 atom stereocenters. The van der Waals surface area contributed by atoms with Gasteiger partial charge >= 0.3 is 18.1 Å². The van der Waals surface area contributed by atoms with Crippen LogP contribution >= 0.6 is 0 Å². The summed E-state index contributed by atoms with van der Waals surface area (Å²) >= 11 is 0. The van der Waals surface area contributed by atoms with Crippen molar-refractivity contribution in [1.82, 2.24) is 14.7 Å². The molecule has 0 aromatic heterocycles. The normalized spacial score (nSPS) is 21.7. The molecule has 7 rings (SSSR count). The van der Waals surface area contributed by atoms with Crippen LogP contribution in [0.2, 0.25) is 0 Å². The molecule has 0 unspecified atom stereocenters. The number of nitrogens with zero attached hydrogens (tertiary/aromatic N) is 9. The first-order valence-corrected chi connectivity index (χ1v) is 30.1.